The standard InChI is InChI=1S/C91H106O20Si/c1-9-52-96-89-85(110-87(94)72-46-30-16-31-47-72)82(101-57-70-42-26-14-27-43-70)78(97-53-66-34-18-10-19-35-66)74(106-89)59-104-91-86(111-88(95)73-48-32-17-33-49-73)83(102-58-71-44-28-15-29-45-71)79(98-54-67-36-20-11-21-37-67)75(107-91)60-103-90-84(109-77(93)51-50-65(8)92)81(100-56-69-40-24-13-25-41-69)80(99-55-68-38-22-12-23-39-68)76(108-90)61-105-112(62(2)3,63(4)5)64(6)7/h9-49,62-64,74-76,78-86,89-91H,1,50-61H2,2-8H3/t74-,75-,76-,78-,79-,80-,81+,82+,83+,84+,85+,86+,89+,90+,91+/m1/s1. The molecule has 0 N–H and O–H groups in total. The Morgan fingerprint density at radius 2 is 0.607 bits per heavy atom. The van der Waals surface area contributed by atoms with Gasteiger partial charge in [0, 0.05) is 6.42 Å². The van der Waals surface area contributed by atoms with Crippen LogP contribution in [0.25, 0.3) is 0 Å². The van der Waals surface area contributed by atoms with Crippen LogP contribution in [0.3, 0.4) is 0 Å². The first-order chi connectivity index (χ1) is 54.5. The minimum absolute atomic E-state index is 0.00300. The Morgan fingerprint density at radius 1 is 0.339 bits per heavy atom. The molecule has 15 atom stereocenters. The van der Waals surface area contributed by atoms with E-state index in [1.54, 1.807) is 66.7 Å². The van der Waals surface area contributed by atoms with Gasteiger partial charge < -0.3 is 80.3 Å². The van der Waals surface area contributed by atoms with Crippen molar-refractivity contribution in [2.75, 3.05) is 26.4 Å². The van der Waals surface area contributed by atoms with Crippen LogP contribution in [-0.2, 0) is 125 Å². The molecule has 0 aliphatic carbocycles. The van der Waals surface area contributed by atoms with Crippen molar-refractivity contribution in [3.8, 4) is 0 Å². The van der Waals surface area contributed by atoms with Crippen molar-refractivity contribution < 1.29 is 94.7 Å². The minimum Gasteiger partial charge on any atom is -0.454 e. The van der Waals surface area contributed by atoms with Crippen molar-refractivity contribution >= 4 is 32.0 Å². The maximum Gasteiger partial charge on any atom is 0.338 e. The molecule has 0 spiro atoms. The Labute approximate surface area is 659 Å². The number of carbonyl (C=O) groups is 4. The quantitative estimate of drug-likeness (QED) is 0.0151. The van der Waals surface area contributed by atoms with Crippen molar-refractivity contribution in [2.45, 2.75) is 210 Å². The molecule has 11 rings (SSSR count). The molecule has 3 aliphatic rings. The zero-order chi connectivity index (χ0) is 78.6. The summed E-state index contributed by atoms with van der Waals surface area (Å²) in [4.78, 5) is 56.7. The van der Waals surface area contributed by atoms with Crippen LogP contribution in [0, 0.1) is 0 Å². The van der Waals surface area contributed by atoms with Crippen molar-refractivity contribution in [2.24, 2.45) is 0 Å². The van der Waals surface area contributed by atoms with Gasteiger partial charge in [0.15, 0.2) is 45.5 Å². The number of Topliss-reactive ketones (excluding diaryl/α,β-unsaturated/α-hetero) is 1. The van der Waals surface area contributed by atoms with E-state index in [0.717, 1.165) is 33.4 Å². The Kier molecular flexibility index (Phi) is 32.3. The van der Waals surface area contributed by atoms with Crippen LogP contribution in [0.2, 0.25) is 16.6 Å². The van der Waals surface area contributed by atoms with Gasteiger partial charge in [-0.1, -0.05) is 266 Å². The molecule has 20 nitrogen and oxygen atoms in total. The molecule has 8 aromatic rings. The molecule has 0 aromatic heterocycles. The van der Waals surface area contributed by atoms with Gasteiger partial charge in [0.05, 0.1) is 83.6 Å². The number of ketones is 1. The Balaban J connectivity index is 1.03. The summed E-state index contributed by atoms with van der Waals surface area (Å²) in [5.74, 6) is -2.32. The normalized spacial score (nSPS) is 24.0. The van der Waals surface area contributed by atoms with E-state index in [2.05, 4.69) is 48.1 Å². The van der Waals surface area contributed by atoms with E-state index in [1.807, 2.05) is 182 Å². The molecule has 3 aliphatic heterocycles. The fraction of sp³-hybridized carbons (Fsp3) is 0.407. The second kappa shape index (κ2) is 43.0. The van der Waals surface area contributed by atoms with Gasteiger partial charge in [-0.2, -0.15) is 0 Å². The van der Waals surface area contributed by atoms with E-state index in [0.29, 0.717) is 0 Å². The highest BCUT2D eigenvalue weighted by molar-refractivity contribution is 6.77. The summed E-state index contributed by atoms with van der Waals surface area (Å²) in [5.41, 5.74) is 5.91. The molecule has 0 radical (unpaired) electrons. The molecule has 8 aromatic carbocycles. The summed E-state index contributed by atoms with van der Waals surface area (Å²) in [5, 5.41) is 0. The third-order valence-corrected chi connectivity index (χ3v) is 26.5. The van der Waals surface area contributed by atoms with Crippen LogP contribution in [0.4, 0.5) is 0 Å². The van der Waals surface area contributed by atoms with Gasteiger partial charge in [0.2, 0.25) is 0 Å². The molecular formula is C91H106O20Si. The molecule has 3 fully saturated rings. The van der Waals surface area contributed by atoms with E-state index in [9.17, 15) is 14.4 Å². The largest absolute Gasteiger partial charge is 0.454 e. The monoisotopic (exact) mass is 1550 g/mol. The molecule has 0 bridgehead atoms. The number of ether oxygens (including phenoxy) is 15. The van der Waals surface area contributed by atoms with Crippen LogP contribution < -0.4 is 0 Å². The summed E-state index contributed by atoms with van der Waals surface area (Å²) in [6.45, 7) is 18.1. The molecular weight excluding hydrogens is 1440 g/mol. The van der Waals surface area contributed by atoms with Crippen molar-refractivity contribution in [3.63, 3.8) is 0 Å². The third-order valence-electron chi connectivity index (χ3n) is 20.4. The molecule has 3 saturated heterocycles. The topological polar surface area (TPSA) is 216 Å². The van der Waals surface area contributed by atoms with Crippen LogP contribution in [-0.4, -0.2) is 151 Å². The summed E-state index contributed by atoms with van der Waals surface area (Å²) in [6.07, 6.45) is -17.3. The third kappa shape index (κ3) is 23.5. The zero-order valence-electron chi connectivity index (χ0n) is 64.9. The van der Waals surface area contributed by atoms with Crippen LogP contribution in [0.15, 0.2) is 255 Å². The van der Waals surface area contributed by atoms with Gasteiger partial charge in [-0.05, 0) is 81.2 Å². The lowest BCUT2D eigenvalue weighted by atomic mass is 9.96. The van der Waals surface area contributed by atoms with Gasteiger partial charge in [0.1, 0.15) is 60.7 Å². The summed E-state index contributed by atoms with van der Waals surface area (Å²) < 4.78 is 113. The second-order valence-corrected chi connectivity index (χ2v) is 34.7. The minimum atomic E-state index is -2.68. The van der Waals surface area contributed by atoms with E-state index >= 15 is 4.79 Å². The van der Waals surface area contributed by atoms with Gasteiger partial charge in [-0.25, -0.2) is 9.59 Å². The highest BCUT2D eigenvalue weighted by Gasteiger charge is 2.57. The second-order valence-electron chi connectivity index (χ2n) is 29.2. The Hall–Kier alpha value is -8.72. The lowest BCUT2D eigenvalue weighted by molar-refractivity contribution is -0.353. The van der Waals surface area contributed by atoms with Gasteiger partial charge >= 0.3 is 17.9 Å². The number of hydrogen-bond donors (Lipinski definition) is 0. The molecule has 3 heterocycles. The fourth-order valence-electron chi connectivity index (χ4n) is 14.9. The van der Waals surface area contributed by atoms with Gasteiger partial charge in [0.25, 0.3) is 0 Å². The first-order valence-corrected chi connectivity index (χ1v) is 40.9. The molecule has 0 unspecified atom stereocenters. The van der Waals surface area contributed by atoms with Crippen LogP contribution >= 0.6 is 0 Å². The Morgan fingerprint density at radius 3 is 0.893 bits per heavy atom. The lowest BCUT2D eigenvalue weighted by Gasteiger charge is -2.49. The first-order valence-electron chi connectivity index (χ1n) is 38.7. The average Bonchev–Trinajstić information content (AvgIpc) is 0.777. The van der Waals surface area contributed by atoms with Gasteiger partial charge in [-0.3, -0.25) is 4.79 Å². The first kappa shape index (κ1) is 84.2. The average molecular weight is 1550 g/mol. The van der Waals surface area contributed by atoms with Crippen LogP contribution in [0.5, 0.6) is 0 Å². The molecule has 0 saturated carbocycles. The van der Waals surface area contributed by atoms with Crippen molar-refractivity contribution in [1.82, 2.24) is 0 Å². The number of rotatable bonds is 41. The summed E-state index contributed by atoms with van der Waals surface area (Å²) in [6, 6.07) is 74.7. The van der Waals surface area contributed by atoms with Crippen molar-refractivity contribution in [3.05, 3.63) is 300 Å². The van der Waals surface area contributed by atoms with Crippen LogP contribution in [0.1, 0.15) is 115 Å². The van der Waals surface area contributed by atoms with E-state index in [1.165, 1.54) is 6.92 Å². The van der Waals surface area contributed by atoms with E-state index in [-0.39, 0.29) is 106 Å². The molecule has 21 heteroatoms. The lowest BCUT2D eigenvalue weighted by Crippen LogP contribution is -2.65. The molecule has 0 amide bonds. The highest BCUT2D eigenvalue weighted by atomic mass is 28.4. The van der Waals surface area contributed by atoms with E-state index < -0.39 is 125 Å². The molecule has 112 heavy (non-hydrogen) atoms. The number of esters is 3. The Bertz CT molecular complexity index is 4070. The maximum absolute atomic E-state index is 15.1. The van der Waals surface area contributed by atoms with Crippen molar-refractivity contribution in [1.29, 1.82) is 0 Å². The summed E-state index contributed by atoms with van der Waals surface area (Å²) in [7, 11) is -2.68. The maximum atomic E-state index is 15.1. The SMILES string of the molecule is C=CCO[C@H]1O[C@H](CO[C@H]2O[C@H](CO[C@H]3O[C@H](CO[Si](C(C)C)(C(C)C)C(C)C)[C@@H](OCc4ccccc4)[C@H](OCc4ccccc4)[C@@H]3OC(=O)CCC(C)=O)[C@@H](OCc3ccccc3)[C@H](OCc3ccccc3)[C@@H]2OC(=O)c2ccccc2)[C@@H](OCc2ccccc2)[C@H](OCc2ccccc2)[C@@H]1OC(=O)c1ccccc1. The number of carbonyl (C=O) groups excluding carboxylic acids is 4. The zero-order valence-corrected chi connectivity index (χ0v) is 65.9. The fourth-order valence-corrected chi connectivity index (χ4v) is 20.3. The van der Waals surface area contributed by atoms with E-state index in [4.69, 9.17) is 75.5 Å². The number of hydrogen-bond acceptors (Lipinski definition) is 20. The highest BCUT2D eigenvalue weighted by Crippen LogP contribution is 2.44. The molecule has 594 valence electrons. The number of benzene rings is 8. The smallest absolute Gasteiger partial charge is 0.338 e. The summed E-state index contributed by atoms with van der Waals surface area (Å²) >= 11 is 0. The predicted octanol–water partition coefficient (Wildman–Crippen LogP) is 15.8. The van der Waals surface area contributed by atoms with Gasteiger partial charge in [-0.15, -0.1) is 6.58 Å². The predicted molar refractivity (Wildman–Crippen MR) is 422 cm³/mol.